The first-order valence-corrected chi connectivity index (χ1v) is 36.8. The molecule has 14 nitrogen and oxygen atoms in total. The van der Waals surface area contributed by atoms with Crippen LogP contribution in [0.25, 0.3) is 46.3 Å². The van der Waals surface area contributed by atoms with Crippen molar-refractivity contribution in [2.24, 2.45) is 5.92 Å². The van der Waals surface area contributed by atoms with Crippen molar-refractivity contribution in [3.63, 3.8) is 0 Å². The van der Waals surface area contributed by atoms with Crippen LogP contribution < -0.4 is 16.1 Å². The lowest BCUT2D eigenvalue weighted by atomic mass is 9.84. The summed E-state index contributed by atoms with van der Waals surface area (Å²) in [6.07, 6.45) is 23.1. The number of carbonyl (C=O) groups excluding carboxylic acids is 3. The molecule has 1 aliphatic heterocycles. The van der Waals surface area contributed by atoms with Gasteiger partial charge in [0.2, 0.25) is 0 Å². The maximum atomic E-state index is 13.7. The molecule has 0 bridgehead atoms. The number of aromatic nitrogens is 6. The van der Waals surface area contributed by atoms with Gasteiger partial charge in [0.05, 0.1) is 57.8 Å². The third kappa shape index (κ3) is 18.2. The molecule has 9 aromatic rings. The summed E-state index contributed by atoms with van der Waals surface area (Å²) >= 11 is 31.6. The monoisotopic (exact) mass is 1460 g/mol. The van der Waals surface area contributed by atoms with E-state index < -0.39 is 0 Å². The van der Waals surface area contributed by atoms with Gasteiger partial charge in [0, 0.05) is 50.9 Å². The average Bonchev–Trinajstić information content (AvgIpc) is 1.62. The summed E-state index contributed by atoms with van der Waals surface area (Å²) in [6, 6.07) is 40.9. The molecule has 5 aliphatic rings. The first-order chi connectivity index (χ1) is 49.0. The Hall–Kier alpha value is -8.19. The second-order valence-corrected chi connectivity index (χ2v) is 28.5. The third-order valence-electron chi connectivity index (χ3n) is 19.3. The lowest BCUT2D eigenvalue weighted by Gasteiger charge is -2.28. The number of rotatable bonds is 13. The SMILES string of the molecule is C[C@@H](NC(=O)c1nn(-c2ccc(Cl)cc2Cl)c2c1CCCC/C2=C\c1ccc(F)cc1)C1CCCCC1.C[C@@H](NC(=O)c1nn(-c2ccc(Cl)cc2Cl)c2c1CCCC/C2=C\c1ccc(F)cc1)c1ccccc1.O=C(NN1CCOCC1)c1[nH]nc2c1CCCC/C2=C\c1ccc(Cl)cc1. The minimum atomic E-state index is -0.284. The Morgan fingerprint density at radius 1 is 0.525 bits per heavy atom. The van der Waals surface area contributed by atoms with E-state index in [1.165, 1.54) is 43.5 Å². The second-order valence-electron chi connectivity index (χ2n) is 26.4. The fraction of sp³-hybridized carbons (Fsp3) is 0.325. The number of benzene rings is 6. The van der Waals surface area contributed by atoms with Crippen molar-refractivity contribution in [2.45, 2.75) is 135 Å². The van der Waals surface area contributed by atoms with Gasteiger partial charge in [-0.25, -0.2) is 23.2 Å². The van der Waals surface area contributed by atoms with Crippen LogP contribution in [0.3, 0.4) is 0 Å². The molecule has 1 saturated carbocycles. The number of morpholine rings is 1. The van der Waals surface area contributed by atoms with Crippen LogP contribution >= 0.6 is 58.0 Å². The predicted molar refractivity (Wildman–Crippen MR) is 402 cm³/mol. The zero-order valence-corrected chi connectivity index (χ0v) is 60.3. The van der Waals surface area contributed by atoms with Crippen molar-refractivity contribution in [2.75, 3.05) is 26.3 Å². The molecule has 14 rings (SSSR count). The van der Waals surface area contributed by atoms with Crippen LogP contribution in [0.1, 0.15) is 197 Å². The molecule has 3 aromatic heterocycles. The van der Waals surface area contributed by atoms with Crippen molar-refractivity contribution in [3.05, 3.63) is 249 Å². The molecule has 524 valence electrons. The quantitative estimate of drug-likeness (QED) is 0.0829. The maximum Gasteiger partial charge on any atom is 0.283 e. The number of nitrogens with zero attached hydrogens (tertiary/aromatic N) is 6. The predicted octanol–water partition coefficient (Wildman–Crippen LogP) is 19.7. The molecule has 6 aromatic carbocycles. The van der Waals surface area contributed by atoms with Crippen LogP contribution in [-0.2, 0) is 24.0 Å². The van der Waals surface area contributed by atoms with Gasteiger partial charge in [-0.1, -0.05) is 144 Å². The van der Waals surface area contributed by atoms with Gasteiger partial charge >= 0.3 is 0 Å². The minimum Gasteiger partial charge on any atom is -0.379 e. The van der Waals surface area contributed by atoms with Gasteiger partial charge in [-0.15, -0.1) is 0 Å². The highest BCUT2D eigenvalue weighted by atomic mass is 35.5. The van der Waals surface area contributed by atoms with Crippen molar-refractivity contribution < 1.29 is 27.9 Å². The molecule has 0 radical (unpaired) electrons. The molecule has 21 heteroatoms. The van der Waals surface area contributed by atoms with Crippen LogP contribution in [-0.4, -0.2) is 84.8 Å². The van der Waals surface area contributed by atoms with Crippen molar-refractivity contribution in [1.82, 2.24) is 50.8 Å². The second kappa shape index (κ2) is 34.2. The van der Waals surface area contributed by atoms with E-state index in [2.05, 4.69) is 45.3 Å². The fourth-order valence-electron chi connectivity index (χ4n) is 14.0. The molecular weight excluding hydrogens is 1380 g/mol. The van der Waals surface area contributed by atoms with E-state index in [1.54, 1.807) is 57.9 Å². The number of fused-ring (bicyclic) bond motifs is 3. The highest BCUT2D eigenvalue weighted by Crippen LogP contribution is 2.40. The molecule has 4 aliphatic carbocycles. The Labute approximate surface area is 613 Å². The highest BCUT2D eigenvalue weighted by molar-refractivity contribution is 6.36. The molecule has 101 heavy (non-hydrogen) atoms. The summed E-state index contributed by atoms with van der Waals surface area (Å²) < 4.78 is 36.0. The van der Waals surface area contributed by atoms with E-state index in [0.29, 0.717) is 87.2 Å². The molecule has 0 unspecified atom stereocenters. The molecule has 2 atom stereocenters. The highest BCUT2D eigenvalue weighted by Gasteiger charge is 2.33. The van der Waals surface area contributed by atoms with Gasteiger partial charge in [-0.2, -0.15) is 15.3 Å². The van der Waals surface area contributed by atoms with Gasteiger partial charge < -0.3 is 15.4 Å². The lowest BCUT2D eigenvalue weighted by Crippen LogP contribution is -2.48. The van der Waals surface area contributed by atoms with Gasteiger partial charge in [0.25, 0.3) is 17.7 Å². The Morgan fingerprint density at radius 3 is 1.50 bits per heavy atom. The average molecular weight is 1460 g/mol. The number of allylic oxidation sites excluding steroid dienone is 3. The normalized spacial score (nSPS) is 17.5. The van der Waals surface area contributed by atoms with Crippen LogP contribution in [0, 0.1) is 17.6 Å². The van der Waals surface area contributed by atoms with Crippen LogP contribution in [0.2, 0.25) is 25.1 Å². The first-order valence-electron chi connectivity index (χ1n) is 34.9. The van der Waals surface area contributed by atoms with Crippen molar-refractivity contribution in [1.29, 1.82) is 0 Å². The van der Waals surface area contributed by atoms with Crippen LogP contribution in [0.15, 0.2) is 140 Å². The number of hydrazine groups is 1. The number of nitrogens with one attached hydrogen (secondary N) is 4. The first kappa shape index (κ1) is 72.6. The van der Waals surface area contributed by atoms with Crippen LogP contribution in [0.4, 0.5) is 8.78 Å². The topological polar surface area (TPSA) is 164 Å². The Balaban J connectivity index is 0.000000145. The number of hydrogen-bond acceptors (Lipinski definition) is 8. The van der Waals surface area contributed by atoms with Gasteiger partial charge in [0.15, 0.2) is 11.4 Å². The number of carbonyl (C=O) groups is 3. The summed E-state index contributed by atoms with van der Waals surface area (Å²) in [5.41, 5.74) is 18.3. The minimum absolute atomic E-state index is 0.0905. The maximum absolute atomic E-state index is 13.7. The van der Waals surface area contributed by atoms with Gasteiger partial charge in [-0.3, -0.25) is 24.9 Å². The molecule has 2 fully saturated rings. The molecule has 3 amide bonds. The molecule has 4 N–H and O–H groups in total. The zero-order chi connectivity index (χ0) is 70.5. The molecule has 1 saturated heterocycles. The number of ether oxygens (including phenoxy) is 1. The number of aromatic amines is 1. The lowest BCUT2D eigenvalue weighted by molar-refractivity contribution is 0.0124. The van der Waals surface area contributed by atoms with Gasteiger partial charge in [-0.05, 0) is 240 Å². The van der Waals surface area contributed by atoms with E-state index in [1.807, 2.05) is 84.7 Å². The number of H-pyrrole nitrogens is 1. The number of amides is 3. The third-order valence-corrected chi connectivity index (χ3v) is 20.6. The van der Waals surface area contributed by atoms with E-state index in [0.717, 1.165) is 161 Å². The Kier molecular flexibility index (Phi) is 24.6. The Morgan fingerprint density at radius 2 is 0.980 bits per heavy atom. The van der Waals surface area contributed by atoms with E-state index in [9.17, 15) is 23.2 Å². The van der Waals surface area contributed by atoms with E-state index in [-0.39, 0.29) is 41.4 Å². The molecule has 0 spiro atoms. The fourth-order valence-corrected chi connectivity index (χ4v) is 15.1. The summed E-state index contributed by atoms with van der Waals surface area (Å²) in [5.74, 6) is -0.557. The summed E-state index contributed by atoms with van der Waals surface area (Å²) in [6.45, 7) is 6.73. The Bertz CT molecular complexity index is 4500. The summed E-state index contributed by atoms with van der Waals surface area (Å²) in [7, 11) is 0. The molecular formula is C80H81Cl5F2N10O4. The van der Waals surface area contributed by atoms with Gasteiger partial charge in [0.1, 0.15) is 17.3 Å². The standard InChI is InChI=1S/C30H32Cl2FN3O.C30H26Cl2FN3O.C20H23ClN4O2/c2*1-19(21-7-3-2-4-8-21)34-30(37)28-25-10-6-5-9-22(17-20-11-14-24(33)15-12-20)29(25)36(35-28)27-16-13-23(31)18-26(27)32;21-16-7-5-14(6-8-16)13-15-3-1-2-4-17-18(15)22-23-19(17)20(26)24-25-9-11-27-12-10-25/h11-19,21H,2-10H2,1H3,(H,34,37);2-4,7-8,11-19H,5-6,9-10H2,1H3,(H,34,37);5-8,13H,1-4,9-12H2,(H,22,23)(H,24,26)/b2*22-17+;15-13+/t2*19-;/m11./s1. The summed E-state index contributed by atoms with van der Waals surface area (Å²) in [4.78, 5) is 40.0. The number of hydrogen-bond donors (Lipinski definition) is 4. The molecule has 4 heterocycles. The smallest absolute Gasteiger partial charge is 0.283 e. The largest absolute Gasteiger partial charge is 0.379 e. The van der Waals surface area contributed by atoms with Crippen LogP contribution in [0.5, 0.6) is 0 Å². The zero-order valence-electron chi connectivity index (χ0n) is 56.6. The summed E-state index contributed by atoms with van der Waals surface area (Å²) in [5, 5.41) is 28.1. The van der Waals surface area contributed by atoms with E-state index in [4.69, 9.17) is 72.9 Å². The van der Waals surface area contributed by atoms with Crippen molar-refractivity contribution in [3.8, 4) is 11.4 Å². The van der Waals surface area contributed by atoms with Crippen molar-refractivity contribution >= 4 is 111 Å². The number of halogens is 7. The van der Waals surface area contributed by atoms with E-state index >= 15 is 0 Å².